The van der Waals surface area contributed by atoms with Crippen molar-refractivity contribution in [3.05, 3.63) is 46.1 Å². The Morgan fingerprint density at radius 3 is 2.15 bits per heavy atom. The van der Waals surface area contributed by atoms with Crippen LogP contribution in [0.25, 0.3) is 0 Å². The second kappa shape index (κ2) is 4.90. The minimum absolute atomic E-state index is 0.174. The summed E-state index contributed by atoms with van der Waals surface area (Å²) in [6.07, 6.45) is -4.66. The molecule has 0 saturated heterocycles. The fraction of sp³-hybridized carbons (Fsp3) is 0.385. The van der Waals surface area contributed by atoms with Crippen LogP contribution in [0.3, 0.4) is 0 Å². The molecule has 0 saturated carbocycles. The summed E-state index contributed by atoms with van der Waals surface area (Å²) in [6, 6.07) is 2.97. The first-order valence-corrected chi connectivity index (χ1v) is 5.94. The summed E-state index contributed by atoms with van der Waals surface area (Å²) < 4.78 is 41.5. The second-order valence-corrected chi connectivity index (χ2v) is 4.75. The number of benzene rings is 1. The van der Waals surface area contributed by atoms with Gasteiger partial charge in [-0.25, -0.2) is 0 Å². The lowest BCUT2D eigenvalue weighted by atomic mass is 9.94. The smallest absolute Gasteiger partial charge is 0.329 e. The van der Waals surface area contributed by atoms with E-state index >= 15 is 0 Å². The Morgan fingerprint density at radius 1 is 1.15 bits per heavy atom. The van der Waals surface area contributed by atoms with E-state index in [1.807, 2.05) is 32.9 Å². The fourth-order valence-corrected chi connectivity index (χ4v) is 2.29. The Labute approximate surface area is 113 Å². The lowest BCUT2D eigenvalue weighted by Crippen LogP contribution is -2.17. The molecule has 0 radical (unpaired) electrons. The lowest BCUT2D eigenvalue weighted by Gasteiger charge is -2.15. The monoisotopic (exact) mass is 285 g/mol. The Hall–Kier alpha value is -1.89. The number of hydrogen-bond donors (Lipinski definition) is 1. The molecule has 20 heavy (non-hydrogen) atoms. The number of rotatable bonds is 2. The zero-order chi connectivity index (χ0) is 15.1. The Morgan fingerprint density at radius 2 is 1.70 bits per heavy atom. The highest BCUT2D eigenvalue weighted by Gasteiger charge is 2.39. The van der Waals surface area contributed by atoms with Gasteiger partial charge in [-0.3, -0.25) is 0 Å². The minimum Gasteiger partial charge on any atom is -0.329 e. The van der Waals surface area contributed by atoms with E-state index in [1.54, 1.807) is 0 Å². The normalized spacial score (nSPS) is 13.6. The third-order valence-electron chi connectivity index (χ3n) is 3.01. The quantitative estimate of drug-likeness (QED) is 0.921. The fourth-order valence-electron chi connectivity index (χ4n) is 2.29. The van der Waals surface area contributed by atoms with Gasteiger partial charge in [0, 0.05) is 0 Å². The van der Waals surface area contributed by atoms with Gasteiger partial charge in [-0.05, 0) is 37.5 Å². The Balaban J connectivity index is 2.42. The molecule has 0 bridgehead atoms. The highest BCUT2D eigenvalue weighted by Crippen LogP contribution is 2.30. The summed E-state index contributed by atoms with van der Waals surface area (Å²) >= 11 is 0. The van der Waals surface area contributed by atoms with E-state index in [0.29, 0.717) is 5.56 Å². The number of nitrogens with two attached hydrogens (primary N) is 1. The molecule has 0 amide bonds. The maximum absolute atomic E-state index is 12.4. The van der Waals surface area contributed by atoms with Gasteiger partial charge < -0.3 is 10.3 Å². The summed E-state index contributed by atoms with van der Waals surface area (Å²) in [6.45, 7) is 5.63. The molecule has 0 aliphatic carbocycles. The molecule has 1 aromatic carbocycles. The molecule has 108 valence electrons. The van der Waals surface area contributed by atoms with Gasteiger partial charge in [0.15, 0.2) is 5.82 Å². The molecule has 1 unspecified atom stereocenters. The standard InChI is InChI=1S/C13H14F3N3O/c1-6-4-7(2)9(8(3)5-6)10(17)11-18-12(20-19-11)13(14,15)16/h4-5,10H,17H2,1-3H3. The van der Waals surface area contributed by atoms with E-state index in [0.717, 1.165) is 16.7 Å². The van der Waals surface area contributed by atoms with Gasteiger partial charge in [0.25, 0.3) is 0 Å². The molecule has 7 heteroatoms. The number of halogens is 3. The Kier molecular flexibility index (Phi) is 3.56. The van der Waals surface area contributed by atoms with Crippen molar-refractivity contribution in [2.45, 2.75) is 33.0 Å². The summed E-state index contributed by atoms with van der Waals surface area (Å²) in [4.78, 5) is 3.33. The van der Waals surface area contributed by atoms with E-state index in [-0.39, 0.29) is 5.82 Å². The first-order valence-electron chi connectivity index (χ1n) is 5.94. The third kappa shape index (κ3) is 2.67. The van der Waals surface area contributed by atoms with Crippen LogP contribution in [0.4, 0.5) is 13.2 Å². The molecular weight excluding hydrogens is 271 g/mol. The average Bonchev–Trinajstić information content (AvgIpc) is 2.75. The van der Waals surface area contributed by atoms with Crippen LogP contribution in [-0.4, -0.2) is 10.1 Å². The SMILES string of the molecule is Cc1cc(C)c(C(N)c2noc(C(F)(F)F)n2)c(C)c1. The van der Waals surface area contributed by atoms with Crippen LogP contribution in [0.5, 0.6) is 0 Å². The number of nitrogens with zero attached hydrogens (tertiary/aromatic N) is 2. The Bertz CT molecular complexity index is 611. The molecule has 0 fully saturated rings. The second-order valence-electron chi connectivity index (χ2n) is 4.75. The van der Waals surface area contributed by atoms with Gasteiger partial charge in [0.05, 0.1) is 6.04 Å². The largest absolute Gasteiger partial charge is 0.471 e. The van der Waals surface area contributed by atoms with Crippen molar-refractivity contribution in [1.29, 1.82) is 0 Å². The predicted molar refractivity (Wildman–Crippen MR) is 66.0 cm³/mol. The van der Waals surface area contributed by atoms with Crippen molar-refractivity contribution in [2.75, 3.05) is 0 Å². The molecule has 1 aromatic heterocycles. The van der Waals surface area contributed by atoms with Gasteiger partial charge in [-0.1, -0.05) is 22.9 Å². The third-order valence-corrected chi connectivity index (χ3v) is 3.01. The summed E-state index contributed by atoms with van der Waals surface area (Å²) in [5.41, 5.74) is 9.51. The van der Waals surface area contributed by atoms with Crippen LogP contribution in [-0.2, 0) is 6.18 Å². The summed E-state index contributed by atoms with van der Waals surface area (Å²) in [5.74, 6) is -1.56. The molecule has 4 nitrogen and oxygen atoms in total. The first-order chi connectivity index (χ1) is 9.20. The highest BCUT2D eigenvalue weighted by atomic mass is 19.4. The molecule has 1 heterocycles. The van der Waals surface area contributed by atoms with E-state index in [1.165, 1.54) is 0 Å². The molecule has 0 aliphatic rings. The van der Waals surface area contributed by atoms with Crippen molar-refractivity contribution >= 4 is 0 Å². The van der Waals surface area contributed by atoms with Gasteiger partial charge >= 0.3 is 12.1 Å². The lowest BCUT2D eigenvalue weighted by molar-refractivity contribution is -0.159. The molecule has 1 atom stereocenters. The molecule has 2 aromatic rings. The zero-order valence-electron chi connectivity index (χ0n) is 11.2. The van der Waals surface area contributed by atoms with Crippen LogP contribution < -0.4 is 5.73 Å². The first kappa shape index (κ1) is 14.5. The van der Waals surface area contributed by atoms with Crippen LogP contribution in [0.15, 0.2) is 16.7 Å². The van der Waals surface area contributed by atoms with E-state index < -0.39 is 18.1 Å². The van der Waals surface area contributed by atoms with Crippen LogP contribution in [0.1, 0.15) is 40.0 Å². The van der Waals surface area contributed by atoms with E-state index in [4.69, 9.17) is 5.73 Å². The van der Waals surface area contributed by atoms with Crippen molar-refractivity contribution in [3.63, 3.8) is 0 Å². The van der Waals surface area contributed by atoms with E-state index in [2.05, 4.69) is 14.7 Å². The predicted octanol–water partition coefficient (Wildman–Crippen LogP) is 3.06. The van der Waals surface area contributed by atoms with Crippen molar-refractivity contribution in [2.24, 2.45) is 5.73 Å². The number of alkyl halides is 3. The van der Waals surface area contributed by atoms with Crippen molar-refractivity contribution < 1.29 is 17.7 Å². The van der Waals surface area contributed by atoms with Crippen LogP contribution >= 0.6 is 0 Å². The average molecular weight is 285 g/mol. The van der Waals surface area contributed by atoms with E-state index in [9.17, 15) is 13.2 Å². The van der Waals surface area contributed by atoms with Gasteiger partial charge in [-0.15, -0.1) is 0 Å². The highest BCUT2D eigenvalue weighted by molar-refractivity contribution is 5.41. The zero-order valence-corrected chi connectivity index (χ0v) is 11.2. The van der Waals surface area contributed by atoms with Gasteiger partial charge in [-0.2, -0.15) is 18.2 Å². The number of aromatic nitrogens is 2. The minimum atomic E-state index is -4.66. The van der Waals surface area contributed by atoms with Crippen molar-refractivity contribution in [1.82, 2.24) is 10.1 Å². The molecule has 0 aliphatic heterocycles. The number of hydrogen-bond acceptors (Lipinski definition) is 4. The van der Waals surface area contributed by atoms with Crippen molar-refractivity contribution in [3.8, 4) is 0 Å². The maximum Gasteiger partial charge on any atom is 0.471 e. The van der Waals surface area contributed by atoms with Crippen LogP contribution in [0, 0.1) is 20.8 Å². The van der Waals surface area contributed by atoms with Gasteiger partial charge in [0.1, 0.15) is 0 Å². The molecule has 2 rings (SSSR count). The topological polar surface area (TPSA) is 64.9 Å². The van der Waals surface area contributed by atoms with Gasteiger partial charge in [0.2, 0.25) is 0 Å². The molecule has 0 spiro atoms. The van der Waals surface area contributed by atoms with Crippen LogP contribution in [0.2, 0.25) is 0 Å². The molecule has 2 N–H and O–H groups in total. The summed E-state index contributed by atoms with van der Waals surface area (Å²) in [5, 5.41) is 3.33. The summed E-state index contributed by atoms with van der Waals surface area (Å²) in [7, 11) is 0. The molecular formula is C13H14F3N3O. The number of aryl methyl sites for hydroxylation is 3. The maximum atomic E-state index is 12.4.